The number of phenols is 1. The smallest absolute Gasteiger partial charge is 0.115 e. The van der Waals surface area contributed by atoms with E-state index in [1.807, 2.05) is 37.3 Å². The lowest BCUT2D eigenvalue weighted by atomic mass is 10.0. The summed E-state index contributed by atoms with van der Waals surface area (Å²) in [7, 11) is 0. The van der Waals surface area contributed by atoms with E-state index >= 15 is 0 Å². The highest BCUT2D eigenvalue weighted by atomic mass is 16.5. The summed E-state index contributed by atoms with van der Waals surface area (Å²) in [5, 5.41) is 32.8. The number of aromatic hydroxyl groups is 1. The minimum Gasteiger partial charge on any atom is -0.508 e. The van der Waals surface area contributed by atoms with E-state index in [0.29, 0.717) is 26.1 Å². The van der Waals surface area contributed by atoms with E-state index in [4.69, 9.17) is 9.47 Å². The molecule has 0 aromatic heterocycles. The zero-order chi connectivity index (χ0) is 22.5. The van der Waals surface area contributed by atoms with Crippen molar-refractivity contribution in [3.63, 3.8) is 0 Å². The number of ether oxygens (including phenoxy) is 2. The van der Waals surface area contributed by atoms with Crippen molar-refractivity contribution < 1.29 is 24.8 Å². The second-order valence-electron chi connectivity index (χ2n) is 7.76. The van der Waals surface area contributed by atoms with Crippen LogP contribution in [0.2, 0.25) is 0 Å². The van der Waals surface area contributed by atoms with Crippen molar-refractivity contribution in [1.29, 1.82) is 0 Å². The van der Waals surface area contributed by atoms with E-state index in [1.165, 1.54) is 11.6 Å². The molecule has 0 fully saturated rings. The number of hydrogen-bond donors (Lipinski definition) is 4. The van der Waals surface area contributed by atoms with Gasteiger partial charge in [0.05, 0.1) is 32.0 Å². The van der Waals surface area contributed by atoms with Crippen molar-refractivity contribution in [2.45, 2.75) is 50.7 Å². The maximum atomic E-state index is 10.5. The lowest BCUT2D eigenvalue weighted by Gasteiger charge is -2.24. The standard InChI is InChI=1S/C25H35NO5/c1-3-23(27)18-31-19(2)16-30-17-22(15-21-9-12-24(28)13-10-21)26-25(29)14-11-20-7-5-4-6-8-20/h3-10,12-13,19,22-23,25-29H,1,11,14-18H2,2H3/t19?,22-,23-,25?/m0/s1. The number of hydrogen-bond acceptors (Lipinski definition) is 6. The van der Waals surface area contributed by atoms with Crippen molar-refractivity contribution >= 4 is 0 Å². The van der Waals surface area contributed by atoms with Crippen molar-refractivity contribution in [3.8, 4) is 5.75 Å². The molecule has 170 valence electrons. The Morgan fingerprint density at radius 3 is 2.35 bits per heavy atom. The van der Waals surface area contributed by atoms with Gasteiger partial charge in [0.15, 0.2) is 0 Å². The molecular weight excluding hydrogens is 394 g/mol. The minimum atomic E-state index is -0.689. The van der Waals surface area contributed by atoms with E-state index in [9.17, 15) is 15.3 Å². The third kappa shape index (κ3) is 10.6. The molecule has 0 aliphatic heterocycles. The highest BCUT2D eigenvalue weighted by Crippen LogP contribution is 2.12. The lowest BCUT2D eigenvalue weighted by molar-refractivity contribution is -0.0368. The largest absolute Gasteiger partial charge is 0.508 e. The van der Waals surface area contributed by atoms with Gasteiger partial charge in [0.25, 0.3) is 0 Å². The van der Waals surface area contributed by atoms with Gasteiger partial charge in [-0.1, -0.05) is 48.5 Å². The van der Waals surface area contributed by atoms with Gasteiger partial charge in [-0.15, -0.1) is 6.58 Å². The van der Waals surface area contributed by atoms with Crippen LogP contribution in [-0.2, 0) is 22.3 Å². The summed E-state index contributed by atoms with van der Waals surface area (Å²) in [6, 6.07) is 17.0. The predicted molar refractivity (Wildman–Crippen MR) is 122 cm³/mol. The molecule has 0 aliphatic rings. The fourth-order valence-corrected chi connectivity index (χ4v) is 3.14. The van der Waals surface area contributed by atoms with Gasteiger partial charge in [-0.05, 0) is 49.4 Å². The summed E-state index contributed by atoms with van der Waals surface area (Å²) in [5.74, 6) is 0.222. The van der Waals surface area contributed by atoms with Crippen molar-refractivity contribution in [1.82, 2.24) is 5.32 Å². The van der Waals surface area contributed by atoms with E-state index in [1.54, 1.807) is 12.1 Å². The molecule has 0 amide bonds. The molecule has 2 aromatic rings. The normalized spacial score (nSPS) is 15.2. The number of benzene rings is 2. The lowest BCUT2D eigenvalue weighted by Crippen LogP contribution is -2.43. The number of nitrogens with one attached hydrogen (secondary N) is 1. The van der Waals surface area contributed by atoms with Crippen LogP contribution in [0.25, 0.3) is 0 Å². The van der Waals surface area contributed by atoms with Crippen LogP contribution in [0.15, 0.2) is 67.3 Å². The number of aryl methyl sites for hydroxylation is 1. The van der Waals surface area contributed by atoms with E-state index in [0.717, 1.165) is 12.0 Å². The van der Waals surface area contributed by atoms with Crippen LogP contribution in [-0.4, -0.2) is 59.6 Å². The molecule has 4 N–H and O–H groups in total. The van der Waals surface area contributed by atoms with Gasteiger partial charge in [0.2, 0.25) is 0 Å². The first-order valence-electron chi connectivity index (χ1n) is 10.7. The molecule has 31 heavy (non-hydrogen) atoms. The van der Waals surface area contributed by atoms with Crippen LogP contribution in [0.3, 0.4) is 0 Å². The summed E-state index contributed by atoms with van der Waals surface area (Å²) in [5.41, 5.74) is 2.22. The summed E-state index contributed by atoms with van der Waals surface area (Å²) in [6.07, 6.45) is 1.92. The van der Waals surface area contributed by atoms with Crippen LogP contribution >= 0.6 is 0 Å². The van der Waals surface area contributed by atoms with Gasteiger partial charge < -0.3 is 24.8 Å². The second kappa shape index (κ2) is 14.0. The Bertz CT molecular complexity index is 737. The highest BCUT2D eigenvalue weighted by Gasteiger charge is 2.16. The molecule has 0 spiro atoms. The molecule has 6 nitrogen and oxygen atoms in total. The Morgan fingerprint density at radius 2 is 1.68 bits per heavy atom. The molecule has 0 saturated heterocycles. The molecular formula is C25H35NO5. The molecule has 0 heterocycles. The molecule has 6 heteroatoms. The minimum absolute atomic E-state index is 0.110. The summed E-state index contributed by atoms with van der Waals surface area (Å²) < 4.78 is 11.4. The SMILES string of the molecule is C=C[C@H](O)COC(C)COC[C@H](Cc1ccc(O)cc1)NC(O)CCc1ccccc1. The topological polar surface area (TPSA) is 91.2 Å². The monoisotopic (exact) mass is 429 g/mol. The Labute approximate surface area is 185 Å². The van der Waals surface area contributed by atoms with Gasteiger partial charge in [-0.25, -0.2) is 0 Å². The maximum Gasteiger partial charge on any atom is 0.115 e. The Balaban J connectivity index is 1.84. The third-order valence-electron chi connectivity index (χ3n) is 4.89. The predicted octanol–water partition coefficient (Wildman–Crippen LogP) is 2.81. The van der Waals surface area contributed by atoms with Crippen LogP contribution in [0, 0.1) is 0 Å². The van der Waals surface area contributed by atoms with E-state index in [-0.39, 0.29) is 24.5 Å². The molecule has 0 aliphatic carbocycles. The van der Waals surface area contributed by atoms with Crippen LogP contribution in [0.1, 0.15) is 24.5 Å². The van der Waals surface area contributed by atoms with Gasteiger partial charge in [0.1, 0.15) is 12.0 Å². The molecule has 2 aromatic carbocycles. The number of aliphatic hydroxyl groups excluding tert-OH is 2. The van der Waals surface area contributed by atoms with Crippen LogP contribution in [0.5, 0.6) is 5.75 Å². The van der Waals surface area contributed by atoms with Crippen molar-refractivity contribution in [2.24, 2.45) is 0 Å². The highest BCUT2D eigenvalue weighted by molar-refractivity contribution is 5.26. The second-order valence-corrected chi connectivity index (χ2v) is 7.76. The Kier molecular flexibility index (Phi) is 11.3. The van der Waals surface area contributed by atoms with Gasteiger partial charge in [-0.3, -0.25) is 5.32 Å². The number of phenolic OH excluding ortho intramolecular Hbond substituents is 1. The molecule has 4 atom stereocenters. The van der Waals surface area contributed by atoms with Crippen molar-refractivity contribution in [3.05, 3.63) is 78.4 Å². The zero-order valence-electron chi connectivity index (χ0n) is 18.2. The van der Waals surface area contributed by atoms with Crippen LogP contribution < -0.4 is 5.32 Å². The fraction of sp³-hybridized carbons (Fsp3) is 0.440. The average Bonchev–Trinajstić information content (AvgIpc) is 2.78. The Hall–Kier alpha value is -2.22. The summed E-state index contributed by atoms with van der Waals surface area (Å²) in [6.45, 7) is 6.35. The first-order chi connectivity index (χ1) is 15.0. The zero-order valence-corrected chi connectivity index (χ0v) is 18.2. The molecule has 2 rings (SSSR count). The van der Waals surface area contributed by atoms with E-state index < -0.39 is 12.3 Å². The third-order valence-corrected chi connectivity index (χ3v) is 4.89. The fourth-order valence-electron chi connectivity index (χ4n) is 3.14. The number of rotatable bonds is 15. The first-order valence-corrected chi connectivity index (χ1v) is 10.7. The molecule has 0 saturated carbocycles. The quantitative estimate of drug-likeness (QED) is 0.257. The summed E-state index contributed by atoms with van der Waals surface area (Å²) >= 11 is 0. The molecule has 2 unspecified atom stereocenters. The van der Waals surface area contributed by atoms with E-state index in [2.05, 4.69) is 24.0 Å². The van der Waals surface area contributed by atoms with Crippen molar-refractivity contribution in [2.75, 3.05) is 19.8 Å². The molecule has 0 radical (unpaired) electrons. The van der Waals surface area contributed by atoms with Gasteiger partial charge in [-0.2, -0.15) is 0 Å². The summed E-state index contributed by atoms with van der Waals surface area (Å²) in [4.78, 5) is 0. The first kappa shape index (κ1) is 25.0. The number of aliphatic hydroxyl groups is 2. The molecule has 0 bridgehead atoms. The Morgan fingerprint density at radius 1 is 0.968 bits per heavy atom. The average molecular weight is 430 g/mol. The van der Waals surface area contributed by atoms with Gasteiger partial charge in [0, 0.05) is 6.04 Å². The van der Waals surface area contributed by atoms with Crippen LogP contribution in [0.4, 0.5) is 0 Å². The van der Waals surface area contributed by atoms with Gasteiger partial charge >= 0.3 is 0 Å². The maximum absolute atomic E-state index is 10.5.